The number of hydrogen-bond donors (Lipinski definition) is 1. The maximum absolute atomic E-state index is 12.3. The molecule has 0 aliphatic carbocycles. The van der Waals surface area contributed by atoms with Crippen molar-refractivity contribution < 1.29 is 13.2 Å². The summed E-state index contributed by atoms with van der Waals surface area (Å²) in [7, 11) is 0.0943. The first-order chi connectivity index (χ1) is 8.92. The number of nitrogens with zero attached hydrogens (tertiary/aromatic N) is 1. The van der Waals surface area contributed by atoms with Crippen LogP contribution in [0, 0.1) is 5.92 Å². The normalized spacial score (nSPS) is 24.6. The van der Waals surface area contributed by atoms with Gasteiger partial charge in [-0.1, -0.05) is 6.92 Å². The number of hydrogen-bond acceptors (Lipinski definition) is 4. The maximum Gasteiger partial charge on any atom is 0.240 e. The molecule has 0 aromatic heterocycles. The molecule has 0 bridgehead atoms. The van der Waals surface area contributed by atoms with Crippen LogP contribution in [-0.2, 0) is 10.0 Å². The molecular formula is C13H20N2O3S. The first-order valence-corrected chi connectivity index (χ1v) is 7.75. The van der Waals surface area contributed by atoms with Crippen LogP contribution >= 0.6 is 0 Å². The van der Waals surface area contributed by atoms with Gasteiger partial charge < -0.3 is 9.64 Å². The number of likely N-dealkylation sites (tertiary alicyclic amines) is 1. The topological polar surface area (TPSA) is 58.6 Å². The van der Waals surface area contributed by atoms with Gasteiger partial charge in [0.2, 0.25) is 10.0 Å². The molecule has 1 heterocycles. The molecular weight excluding hydrogens is 264 g/mol. The van der Waals surface area contributed by atoms with Gasteiger partial charge >= 0.3 is 0 Å². The number of benzene rings is 1. The van der Waals surface area contributed by atoms with Crippen molar-refractivity contribution >= 4 is 10.0 Å². The molecule has 0 spiro atoms. The Labute approximate surface area is 114 Å². The van der Waals surface area contributed by atoms with Gasteiger partial charge in [-0.05, 0) is 37.2 Å². The highest BCUT2D eigenvalue weighted by atomic mass is 32.2. The van der Waals surface area contributed by atoms with E-state index in [0.29, 0.717) is 11.7 Å². The van der Waals surface area contributed by atoms with Crippen LogP contribution in [0.25, 0.3) is 0 Å². The third-order valence-electron chi connectivity index (χ3n) is 3.47. The smallest absolute Gasteiger partial charge is 0.240 e. The molecule has 1 aliphatic rings. The monoisotopic (exact) mass is 284 g/mol. The van der Waals surface area contributed by atoms with Gasteiger partial charge in [0.15, 0.2) is 0 Å². The summed E-state index contributed by atoms with van der Waals surface area (Å²) in [5.74, 6) is 0.964. The second kappa shape index (κ2) is 5.48. The quantitative estimate of drug-likeness (QED) is 0.893. The highest BCUT2D eigenvalue weighted by molar-refractivity contribution is 7.89. The molecule has 19 heavy (non-hydrogen) atoms. The lowest BCUT2D eigenvalue weighted by Gasteiger charge is -2.16. The fourth-order valence-electron chi connectivity index (χ4n) is 2.38. The average molecular weight is 284 g/mol. The summed E-state index contributed by atoms with van der Waals surface area (Å²) in [5.41, 5.74) is 0. The lowest BCUT2D eigenvalue weighted by Crippen LogP contribution is -2.39. The molecule has 5 nitrogen and oxygen atoms in total. The van der Waals surface area contributed by atoms with Gasteiger partial charge in [0, 0.05) is 19.1 Å². The lowest BCUT2D eigenvalue weighted by molar-refractivity contribution is 0.400. The molecule has 1 aliphatic heterocycles. The summed E-state index contributed by atoms with van der Waals surface area (Å²) in [4.78, 5) is 2.40. The van der Waals surface area contributed by atoms with Gasteiger partial charge in [0.25, 0.3) is 0 Å². The van der Waals surface area contributed by atoms with Crippen LogP contribution in [0.5, 0.6) is 5.75 Å². The molecule has 0 radical (unpaired) electrons. The first kappa shape index (κ1) is 14.3. The summed E-state index contributed by atoms with van der Waals surface area (Å²) in [6.45, 7) is 3.72. The maximum atomic E-state index is 12.3. The number of methoxy groups -OCH3 is 1. The van der Waals surface area contributed by atoms with Crippen molar-refractivity contribution in [3.63, 3.8) is 0 Å². The van der Waals surface area contributed by atoms with Crippen LogP contribution in [0.1, 0.15) is 6.92 Å². The van der Waals surface area contributed by atoms with Crippen LogP contribution in [0.4, 0.5) is 0 Å². The third kappa shape index (κ3) is 3.26. The van der Waals surface area contributed by atoms with Gasteiger partial charge in [-0.2, -0.15) is 0 Å². The first-order valence-electron chi connectivity index (χ1n) is 6.27. The predicted molar refractivity (Wildman–Crippen MR) is 73.8 cm³/mol. The molecule has 2 atom stereocenters. The second-order valence-corrected chi connectivity index (χ2v) is 6.82. The van der Waals surface area contributed by atoms with E-state index in [1.807, 2.05) is 7.05 Å². The van der Waals surface area contributed by atoms with E-state index < -0.39 is 10.0 Å². The molecule has 6 heteroatoms. The zero-order chi connectivity index (χ0) is 14.0. The minimum atomic E-state index is -3.46. The average Bonchev–Trinajstić information content (AvgIpc) is 2.67. The summed E-state index contributed by atoms with van der Waals surface area (Å²) in [6, 6.07) is 6.39. The largest absolute Gasteiger partial charge is 0.497 e. The molecule has 0 unspecified atom stereocenters. The Balaban J connectivity index is 2.13. The zero-order valence-electron chi connectivity index (χ0n) is 11.5. The molecule has 1 N–H and O–H groups in total. The van der Waals surface area contributed by atoms with E-state index in [9.17, 15) is 8.42 Å². The van der Waals surface area contributed by atoms with Crippen LogP contribution in [0.15, 0.2) is 29.2 Å². The van der Waals surface area contributed by atoms with Gasteiger partial charge in [-0.3, -0.25) is 0 Å². The lowest BCUT2D eigenvalue weighted by atomic mass is 10.1. The Morgan fingerprint density at radius 1 is 1.26 bits per heavy atom. The fraction of sp³-hybridized carbons (Fsp3) is 0.538. The summed E-state index contributed by atoms with van der Waals surface area (Å²) < 4.78 is 32.3. The van der Waals surface area contributed by atoms with Gasteiger partial charge in [0.1, 0.15) is 5.75 Å². The Morgan fingerprint density at radius 3 is 2.37 bits per heavy atom. The Kier molecular flexibility index (Phi) is 4.13. The molecule has 1 aromatic carbocycles. The summed E-state index contributed by atoms with van der Waals surface area (Å²) in [6.07, 6.45) is 0. The van der Waals surface area contributed by atoms with Crippen molar-refractivity contribution in [2.24, 2.45) is 5.92 Å². The molecule has 1 fully saturated rings. The number of ether oxygens (including phenoxy) is 1. The van der Waals surface area contributed by atoms with E-state index in [0.717, 1.165) is 13.1 Å². The fourth-order valence-corrected chi connectivity index (χ4v) is 3.72. The molecule has 0 saturated carbocycles. The van der Waals surface area contributed by atoms with E-state index in [-0.39, 0.29) is 10.9 Å². The van der Waals surface area contributed by atoms with Gasteiger partial charge in [0.05, 0.1) is 12.0 Å². The highest BCUT2D eigenvalue weighted by Gasteiger charge is 2.31. The van der Waals surface area contributed by atoms with Crippen LogP contribution in [-0.4, -0.2) is 46.6 Å². The third-order valence-corrected chi connectivity index (χ3v) is 4.98. The highest BCUT2D eigenvalue weighted by Crippen LogP contribution is 2.19. The Hall–Kier alpha value is -1.11. The van der Waals surface area contributed by atoms with Gasteiger partial charge in [-0.25, -0.2) is 13.1 Å². The number of rotatable bonds is 4. The van der Waals surface area contributed by atoms with E-state index >= 15 is 0 Å². The van der Waals surface area contributed by atoms with Crippen LogP contribution in [0.3, 0.4) is 0 Å². The minimum absolute atomic E-state index is 0.0305. The van der Waals surface area contributed by atoms with Gasteiger partial charge in [-0.15, -0.1) is 0 Å². The molecule has 106 valence electrons. The zero-order valence-corrected chi connectivity index (χ0v) is 12.3. The molecule has 1 aromatic rings. The van der Waals surface area contributed by atoms with Crippen molar-refractivity contribution in [3.8, 4) is 5.75 Å². The number of sulfonamides is 1. The van der Waals surface area contributed by atoms with Crippen molar-refractivity contribution in [3.05, 3.63) is 24.3 Å². The Bertz CT molecular complexity index is 527. The Morgan fingerprint density at radius 2 is 1.89 bits per heavy atom. The van der Waals surface area contributed by atoms with E-state index in [2.05, 4.69) is 16.5 Å². The van der Waals surface area contributed by atoms with E-state index in [4.69, 9.17) is 4.74 Å². The van der Waals surface area contributed by atoms with E-state index in [1.54, 1.807) is 31.4 Å². The van der Waals surface area contributed by atoms with Crippen molar-refractivity contribution in [1.82, 2.24) is 9.62 Å². The van der Waals surface area contributed by atoms with Crippen LogP contribution in [0.2, 0.25) is 0 Å². The SMILES string of the molecule is COc1ccc(S(=O)(=O)N[C@H]2CN(C)C[C@H]2C)cc1. The van der Waals surface area contributed by atoms with E-state index in [1.165, 1.54) is 0 Å². The number of likely N-dealkylation sites (N-methyl/N-ethyl adjacent to an activating group) is 1. The second-order valence-electron chi connectivity index (χ2n) is 5.10. The van der Waals surface area contributed by atoms with Crippen molar-refractivity contribution in [1.29, 1.82) is 0 Å². The number of nitrogens with one attached hydrogen (secondary N) is 1. The predicted octanol–water partition coefficient (Wildman–Crippen LogP) is 0.924. The molecule has 2 rings (SSSR count). The molecule has 0 amide bonds. The van der Waals surface area contributed by atoms with Crippen molar-refractivity contribution in [2.75, 3.05) is 27.2 Å². The summed E-state index contributed by atoms with van der Waals surface area (Å²) >= 11 is 0. The standard InChI is InChI=1S/C13H20N2O3S/c1-10-8-15(2)9-13(10)14-19(16,17)12-6-4-11(18-3)5-7-12/h4-7,10,13-14H,8-9H2,1-3H3/t10-,13+/m1/s1. The molecule has 1 saturated heterocycles. The minimum Gasteiger partial charge on any atom is -0.497 e. The summed E-state index contributed by atoms with van der Waals surface area (Å²) in [5, 5.41) is 0. The van der Waals surface area contributed by atoms with Crippen molar-refractivity contribution in [2.45, 2.75) is 17.9 Å². The van der Waals surface area contributed by atoms with Crippen LogP contribution < -0.4 is 9.46 Å².